The van der Waals surface area contributed by atoms with Crippen molar-refractivity contribution in [3.05, 3.63) is 53.1 Å². The Morgan fingerprint density at radius 2 is 1.89 bits per heavy atom. The van der Waals surface area contributed by atoms with E-state index >= 15 is 0 Å². The number of rotatable bonds is 9. The predicted molar refractivity (Wildman–Crippen MR) is 116 cm³/mol. The van der Waals surface area contributed by atoms with Crippen LogP contribution in [0.3, 0.4) is 0 Å². The first kappa shape index (κ1) is 21.4. The van der Waals surface area contributed by atoms with Gasteiger partial charge in [-0.3, -0.25) is 4.99 Å². The van der Waals surface area contributed by atoms with E-state index in [0.29, 0.717) is 8.58 Å². The van der Waals surface area contributed by atoms with Crippen molar-refractivity contribution in [2.75, 3.05) is 28.1 Å². The number of ether oxygens (including phenoxy) is 3. The normalized spacial score (nSPS) is 14.0. The van der Waals surface area contributed by atoms with E-state index in [1.807, 2.05) is 25.4 Å². The third-order valence-electron chi connectivity index (χ3n) is 4.80. The molecule has 2 rings (SSSR count). The van der Waals surface area contributed by atoms with Crippen LogP contribution in [0.1, 0.15) is 37.0 Å². The van der Waals surface area contributed by atoms with Gasteiger partial charge in [0, 0.05) is 31.1 Å². The van der Waals surface area contributed by atoms with Gasteiger partial charge >= 0.3 is 0 Å². The molecule has 0 bridgehead atoms. The van der Waals surface area contributed by atoms with Crippen LogP contribution in [0.2, 0.25) is 0 Å². The number of benzene rings is 2. The number of hydrogen-bond donors (Lipinski definition) is 0. The fraction of sp³-hybridized carbons (Fsp3) is 0.409. The summed E-state index contributed by atoms with van der Waals surface area (Å²) >= 11 is 0. The minimum atomic E-state index is -0.0972. The lowest BCUT2D eigenvalue weighted by atomic mass is 9.96. The molecule has 4 nitrogen and oxygen atoms in total. The molecule has 0 aliphatic heterocycles. The first-order valence-electron chi connectivity index (χ1n) is 9.09. The van der Waals surface area contributed by atoms with Crippen LogP contribution in [-0.4, -0.2) is 34.3 Å². The standard InChI is InChI=1S/C22H30NO3P/c1-7-22(3,27-21-16(2)10-8-11-17(21)14-23-4)18-12-9-13-19(25-6)20(18)26-15-24-5/h8-14,27H,7,15H2,1-6H3. The number of para-hydroxylation sites is 1. The van der Waals surface area contributed by atoms with Crippen LogP contribution < -0.4 is 14.8 Å². The van der Waals surface area contributed by atoms with Gasteiger partial charge in [0.05, 0.1) is 7.11 Å². The van der Waals surface area contributed by atoms with E-state index in [1.165, 1.54) is 16.4 Å². The number of methoxy groups -OCH3 is 2. The zero-order valence-corrected chi connectivity index (χ0v) is 18.1. The minimum Gasteiger partial charge on any atom is -0.493 e. The lowest BCUT2D eigenvalue weighted by molar-refractivity contribution is 0.0480. The SMILES string of the molecule is CCC(C)(Pc1c(C)cccc1C=NC)c1cccc(OC)c1OCOC. The summed E-state index contributed by atoms with van der Waals surface area (Å²) in [4.78, 5) is 4.24. The fourth-order valence-electron chi connectivity index (χ4n) is 3.11. The van der Waals surface area contributed by atoms with Crippen molar-refractivity contribution < 1.29 is 14.2 Å². The van der Waals surface area contributed by atoms with Gasteiger partial charge in [-0.2, -0.15) is 0 Å². The molecule has 2 unspecified atom stereocenters. The van der Waals surface area contributed by atoms with Gasteiger partial charge in [0.1, 0.15) is 0 Å². The Morgan fingerprint density at radius 1 is 1.15 bits per heavy atom. The number of hydrogen-bond acceptors (Lipinski definition) is 4. The van der Waals surface area contributed by atoms with Crippen LogP contribution in [0, 0.1) is 6.92 Å². The van der Waals surface area contributed by atoms with Crippen molar-refractivity contribution in [3.63, 3.8) is 0 Å². The zero-order valence-electron chi connectivity index (χ0n) is 17.1. The number of aryl methyl sites for hydroxylation is 1. The van der Waals surface area contributed by atoms with E-state index in [1.54, 1.807) is 14.2 Å². The second kappa shape index (κ2) is 9.87. The lowest BCUT2D eigenvalue weighted by Crippen LogP contribution is -2.22. The quantitative estimate of drug-likeness (QED) is 0.357. The third kappa shape index (κ3) is 4.88. The molecular weight excluding hydrogens is 357 g/mol. The summed E-state index contributed by atoms with van der Waals surface area (Å²) in [6.07, 6.45) is 2.92. The molecule has 0 aliphatic rings. The average Bonchev–Trinajstić information content (AvgIpc) is 2.68. The van der Waals surface area contributed by atoms with Gasteiger partial charge in [-0.05, 0) is 35.8 Å². The fourth-order valence-corrected chi connectivity index (χ4v) is 4.74. The first-order chi connectivity index (χ1) is 13.0. The van der Waals surface area contributed by atoms with E-state index < -0.39 is 0 Å². The Labute approximate surface area is 164 Å². The molecule has 146 valence electrons. The molecule has 0 radical (unpaired) electrons. The molecule has 0 saturated heterocycles. The van der Waals surface area contributed by atoms with Crippen LogP contribution in [0.5, 0.6) is 11.5 Å². The molecule has 2 aromatic rings. The average molecular weight is 387 g/mol. The Balaban J connectivity index is 2.56. The van der Waals surface area contributed by atoms with Gasteiger partial charge in [0.25, 0.3) is 0 Å². The van der Waals surface area contributed by atoms with E-state index in [2.05, 4.69) is 50.0 Å². The van der Waals surface area contributed by atoms with Crippen molar-refractivity contribution in [2.45, 2.75) is 32.3 Å². The highest BCUT2D eigenvalue weighted by Gasteiger charge is 2.31. The highest BCUT2D eigenvalue weighted by Crippen LogP contribution is 2.50. The molecule has 0 saturated carbocycles. The Bertz CT molecular complexity index is 791. The van der Waals surface area contributed by atoms with Gasteiger partial charge in [0.2, 0.25) is 0 Å². The summed E-state index contributed by atoms with van der Waals surface area (Å²) in [6.45, 7) is 6.87. The number of aliphatic imine (C=N–C) groups is 1. The summed E-state index contributed by atoms with van der Waals surface area (Å²) < 4.78 is 16.6. The van der Waals surface area contributed by atoms with Crippen molar-refractivity contribution in [1.29, 1.82) is 0 Å². The van der Waals surface area contributed by atoms with E-state index in [4.69, 9.17) is 14.2 Å². The Morgan fingerprint density at radius 3 is 2.52 bits per heavy atom. The monoisotopic (exact) mass is 387 g/mol. The maximum absolute atomic E-state index is 5.93. The summed E-state index contributed by atoms with van der Waals surface area (Å²) in [5.41, 5.74) is 3.60. The van der Waals surface area contributed by atoms with E-state index in [-0.39, 0.29) is 11.9 Å². The third-order valence-corrected chi connectivity index (χ3v) is 6.90. The van der Waals surface area contributed by atoms with Crippen LogP contribution in [0.4, 0.5) is 0 Å². The van der Waals surface area contributed by atoms with Crippen LogP contribution >= 0.6 is 8.58 Å². The second-order valence-electron chi connectivity index (χ2n) is 6.62. The highest BCUT2D eigenvalue weighted by molar-refractivity contribution is 7.49. The molecule has 0 fully saturated rings. The minimum absolute atomic E-state index is 0.0972. The van der Waals surface area contributed by atoms with Gasteiger partial charge < -0.3 is 14.2 Å². The smallest absolute Gasteiger partial charge is 0.188 e. The van der Waals surface area contributed by atoms with Crippen molar-refractivity contribution in [1.82, 2.24) is 0 Å². The van der Waals surface area contributed by atoms with Gasteiger partial charge in [-0.1, -0.05) is 52.8 Å². The number of nitrogens with zero attached hydrogens (tertiary/aromatic N) is 1. The van der Waals surface area contributed by atoms with Gasteiger partial charge in [0.15, 0.2) is 18.3 Å². The van der Waals surface area contributed by atoms with Crippen molar-refractivity contribution >= 4 is 20.1 Å². The first-order valence-corrected chi connectivity index (χ1v) is 10.1. The van der Waals surface area contributed by atoms with Gasteiger partial charge in [-0.25, -0.2) is 0 Å². The molecular formula is C22H30NO3P. The molecule has 0 aromatic heterocycles. The summed E-state index contributed by atoms with van der Waals surface area (Å²) in [6, 6.07) is 12.5. The zero-order chi connectivity index (χ0) is 19.9. The molecule has 0 spiro atoms. The van der Waals surface area contributed by atoms with E-state index in [9.17, 15) is 0 Å². The van der Waals surface area contributed by atoms with Crippen LogP contribution in [0.15, 0.2) is 41.4 Å². The van der Waals surface area contributed by atoms with E-state index in [0.717, 1.165) is 23.5 Å². The molecule has 0 heterocycles. The maximum atomic E-state index is 5.93. The van der Waals surface area contributed by atoms with Crippen LogP contribution in [0.25, 0.3) is 0 Å². The molecule has 5 heteroatoms. The van der Waals surface area contributed by atoms with Gasteiger partial charge in [-0.15, -0.1) is 0 Å². The molecule has 0 amide bonds. The highest BCUT2D eigenvalue weighted by atomic mass is 31.1. The summed E-state index contributed by atoms with van der Waals surface area (Å²) in [5.74, 6) is 1.49. The Kier molecular flexibility index (Phi) is 7.82. The van der Waals surface area contributed by atoms with Crippen molar-refractivity contribution in [2.24, 2.45) is 4.99 Å². The topological polar surface area (TPSA) is 40.0 Å². The largest absolute Gasteiger partial charge is 0.493 e. The Hall–Kier alpha value is -1.90. The maximum Gasteiger partial charge on any atom is 0.188 e. The van der Waals surface area contributed by atoms with Crippen LogP contribution in [-0.2, 0) is 9.89 Å². The molecule has 0 N–H and O–H groups in total. The summed E-state index contributed by atoms with van der Waals surface area (Å²) in [7, 11) is 5.67. The molecule has 2 atom stereocenters. The molecule has 0 aliphatic carbocycles. The second-order valence-corrected chi connectivity index (χ2v) is 8.48. The predicted octanol–water partition coefficient (Wildman–Crippen LogP) is 4.66. The lowest BCUT2D eigenvalue weighted by Gasteiger charge is -2.32. The summed E-state index contributed by atoms with van der Waals surface area (Å²) in [5, 5.41) is 1.24. The molecule has 27 heavy (non-hydrogen) atoms. The molecule has 2 aromatic carbocycles. The van der Waals surface area contributed by atoms with Crippen molar-refractivity contribution in [3.8, 4) is 11.5 Å².